The molecule has 2 rings (SSSR count). The molecule has 0 heterocycles. The van der Waals surface area contributed by atoms with E-state index in [1.54, 1.807) is 18.2 Å². The van der Waals surface area contributed by atoms with Gasteiger partial charge in [-0.2, -0.15) is 0 Å². The number of hydrogen-bond acceptors (Lipinski definition) is 1. The first-order valence-electron chi connectivity index (χ1n) is 5.70. The van der Waals surface area contributed by atoms with Gasteiger partial charge in [0.25, 0.3) is 0 Å². The first-order valence-corrected chi connectivity index (χ1v) is 6.45. The average molecular weight is 281 g/mol. The standard InChI is InChI=1S/C15H14Cl2O/c1-9-6-7-11(8-10(9)2)15(18)12-4-3-5-13(16)14(12)17/h3-8,15,18H,1-2H3. The number of aliphatic hydroxyl groups is 1. The van der Waals surface area contributed by atoms with E-state index in [0.29, 0.717) is 15.6 Å². The highest BCUT2D eigenvalue weighted by Gasteiger charge is 2.15. The summed E-state index contributed by atoms with van der Waals surface area (Å²) in [6, 6.07) is 11.1. The summed E-state index contributed by atoms with van der Waals surface area (Å²) in [6.07, 6.45) is -0.754. The molecule has 0 bridgehead atoms. The van der Waals surface area contributed by atoms with E-state index < -0.39 is 6.10 Å². The van der Waals surface area contributed by atoms with Crippen LogP contribution in [0.15, 0.2) is 36.4 Å². The number of aliphatic hydroxyl groups excluding tert-OH is 1. The Hall–Kier alpha value is -1.02. The van der Waals surface area contributed by atoms with Gasteiger partial charge in [-0.1, -0.05) is 53.5 Å². The van der Waals surface area contributed by atoms with Crippen LogP contribution in [0.25, 0.3) is 0 Å². The Morgan fingerprint density at radius 2 is 1.72 bits per heavy atom. The van der Waals surface area contributed by atoms with Crippen LogP contribution in [0, 0.1) is 13.8 Å². The molecule has 0 amide bonds. The van der Waals surface area contributed by atoms with E-state index in [9.17, 15) is 5.11 Å². The zero-order valence-corrected chi connectivity index (χ0v) is 11.8. The lowest BCUT2D eigenvalue weighted by molar-refractivity contribution is 0.220. The lowest BCUT2D eigenvalue weighted by Gasteiger charge is -2.15. The molecule has 0 aliphatic heterocycles. The molecular formula is C15H14Cl2O. The first-order chi connectivity index (χ1) is 8.50. The molecule has 0 radical (unpaired) electrons. The molecule has 94 valence electrons. The van der Waals surface area contributed by atoms with E-state index in [4.69, 9.17) is 23.2 Å². The lowest BCUT2D eigenvalue weighted by atomic mass is 9.98. The highest BCUT2D eigenvalue weighted by Crippen LogP contribution is 2.33. The fourth-order valence-corrected chi connectivity index (χ4v) is 2.26. The molecule has 1 N–H and O–H groups in total. The van der Waals surface area contributed by atoms with E-state index in [1.807, 2.05) is 32.0 Å². The summed E-state index contributed by atoms with van der Waals surface area (Å²) in [4.78, 5) is 0. The average Bonchev–Trinajstić information content (AvgIpc) is 2.35. The predicted octanol–water partition coefficient (Wildman–Crippen LogP) is 4.69. The summed E-state index contributed by atoms with van der Waals surface area (Å²) in [6.45, 7) is 4.06. The van der Waals surface area contributed by atoms with Gasteiger partial charge >= 0.3 is 0 Å². The third kappa shape index (κ3) is 2.54. The van der Waals surface area contributed by atoms with Gasteiger partial charge in [-0.3, -0.25) is 0 Å². The Labute approximate surface area is 117 Å². The highest BCUT2D eigenvalue weighted by atomic mass is 35.5. The van der Waals surface area contributed by atoms with Gasteiger partial charge in [0.05, 0.1) is 10.0 Å². The molecule has 0 aromatic heterocycles. The normalized spacial score (nSPS) is 12.5. The van der Waals surface area contributed by atoms with Gasteiger partial charge in [0, 0.05) is 5.56 Å². The lowest BCUT2D eigenvalue weighted by Crippen LogP contribution is -2.01. The second-order valence-electron chi connectivity index (χ2n) is 4.39. The van der Waals surface area contributed by atoms with Crippen molar-refractivity contribution in [2.24, 2.45) is 0 Å². The van der Waals surface area contributed by atoms with Crippen molar-refractivity contribution in [2.45, 2.75) is 20.0 Å². The summed E-state index contributed by atoms with van der Waals surface area (Å²) in [5.41, 5.74) is 3.79. The quantitative estimate of drug-likeness (QED) is 0.846. The minimum atomic E-state index is -0.754. The van der Waals surface area contributed by atoms with Gasteiger partial charge in [-0.05, 0) is 36.6 Å². The van der Waals surface area contributed by atoms with E-state index in [1.165, 1.54) is 5.56 Å². The molecule has 0 saturated carbocycles. The van der Waals surface area contributed by atoms with Crippen molar-refractivity contribution in [2.75, 3.05) is 0 Å². The molecular weight excluding hydrogens is 267 g/mol. The summed E-state index contributed by atoms with van der Waals surface area (Å²) in [5.74, 6) is 0. The molecule has 0 fully saturated rings. The molecule has 1 atom stereocenters. The van der Waals surface area contributed by atoms with E-state index in [2.05, 4.69) is 0 Å². The maximum Gasteiger partial charge on any atom is 0.106 e. The molecule has 0 spiro atoms. The van der Waals surface area contributed by atoms with Crippen molar-refractivity contribution in [1.29, 1.82) is 0 Å². The van der Waals surface area contributed by atoms with Gasteiger partial charge in [0.1, 0.15) is 6.10 Å². The van der Waals surface area contributed by atoms with Crippen LogP contribution in [-0.2, 0) is 0 Å². The number of benzene rings is 2. The number of rotatable bonds is 2. The van der Waals surface area contributed by atoms with Gasteiger partial charge < -0.3 is 5.11 Å². The van der Waals surface area contributed by atoms with Crippen molar-refractivity contribution in [3.8, 4) is 0 Å². The number of halogens is 2. The van der Waals surface area contributed by atoms with Crippen LogP contribution in [0.1, 0.15) is 28.4 Å². The van der Waals surface area contributed by atoms with E-state index in [0.717, 1.165) is 11.1 Å². The summed E-state index contributed by atoms with van der Waals surface area (Å²) >= 11 is 12.1. The Morgan fingerprint density at radius 1 is 1.00 bits per heavy atom. The SMILES string of the molecule is Cc1ccc(C(O)c2cccc(Cl)c2Cl)cc1C. The van der Waals surface area contributed by atoms with E-state index in [-0.39, 0.29) is 0 Å². The Morgan fingerprint density at radius 3 is 2.39 bits per heavy atom. The second-order valence-corrected chi connectivity index (χ2v) is 5.17. The fourth-order valence-electron chi connectivity index (χ4n) is 1.85. The maximum atomic E-state index is 10.4. The number of hydrogen-bond donors (Lipinski definition) is 1. The zero-order valence-electron chi connectivity index (χ0n) is 10.2. The van der Waals surface area contributed by atoms with Crippen molar-refractivity contribution in [3.05, 3.63) is 68.7 Å². The van der Waals surface area contributed by atoms with Crippen molar-refractivity contribution in [1.82, 2.24) is 0 Å². The molecule has 3 heteroatoms. The van der Waals surface area contributed by atoms with Crippen molar-refractivity contribution >= 4 is 23.2 Å². The van der Waals surface area contributed by atoms with Gasteiger partial charge in [0.2, 0.25) is 0 Å². The third-order valence-electron chi connectivity index (χ3n) is 3.12. The number of aryl methyl sites for hydroxylation is 2. The monoisotopic (exact) mass is 280 g/mol. The molecule has 1 unspecified atom stereocenters. The molecule has 18 heavy (non-hydrogen) atoms. The van der Waals surface area contributed by atoms with Crippen molar-refractivity contribution < 1.29 is 5.11 Å². The Bertz CT molecular complexity index is 579. The molecule has 0 aliphatic carbocycles. The van der Waals surface area contributed by atoms with Gasteiger partial charge in [0.15, 0.2) is 0 Å². The molecule has 0 aliphatic rings. The van der Waals surface area contributed by atoms with Crippen LogP contribution in [0.3, 0.4) is 0 Å². The Balaban J connectivity index is 2.44. The second kappa shape index (κ2) is 5.31. The van der Waals surface area contributed by atoms with Crippen molar-refractivity contribution in [3.63, 3.8) is 0 Å². The van der Waals surface area contributed by atoms with Crippen LogP contribution in [0.2, 0.25) is 10.0 Å². The largest absolute Gasteiger partial charge is 0.384 e. The zero-order chi connectivity index (χ0) is 13.3. The smallest absolute Gasteiger partial charge is 0.106 e. The maximum absolute atomic E-state index is 10.4. The van der Waals surface area contributed by atoms with Crippen LogP contribution in [0.5, 0.6) is 0 Å². The van der Waals surface area contributed by atoms with Gasteiger partial charge in [-0.25, -0.2) is 0 Å². The molecule has 1 nitrogen and oxygen atoms in total. The van der Waals surface area contributed by atoms with E-state index >= 15 is 0 Å². The Kier molecular flexibility index (Phi) is 3.96. The van der Waals surface area contributed by atoms with Crippen LogP contribution < -0.4 is 0 Å². The highest BCUT2D eigenvalue weighted by molar-refractivity contribution is 6.42. The fraction of sp³-hybridized carbons (Fsp3) is 0.200. The molecule has 2 aromatic rings. The van der Waals surface area contributed by atoms with Crippen LogP contribution in [0.4, 0.5) is 0 Å². The van der Waals surface area contributed by atoms with Gasteiger partial charge in [-0.15, -0.1) is 0 Å². The minimum absolute atomic E-state index is 0.407. The minimum Gasteiger partial charge on any atom is -0.384 e. The third-order valence-corrected chi connectivity index (χ3v) is 3.96. The summed E-state index contributed by atoms with van der Waals surface area (Å²) < 4.78 is 0. The summed E-state index contributed by atoms with van der Waals surface area (Å²) in [5, 5.41) is 11.2. The van der Waals surface area contributed by atoms with Crippen LogP contribution in [-0.4, -0.2) is 5.11 Å². The summed E-state index contributed by atoms with van der Waals surface area (Å²) in [7, 11) is 0. The topological polar surface area (TPSA) is 20.2 Å². The molecule has 2 aromatic carbocycles. The predicted molar refractivity (Wildman–Crippen MR) is 76.4 cm³/mol. The van der Waals surface area contributed by atoms with Crippen LogP contribution >= 0.6 is 23.2 Å². The molecule has 0 saturated heterocycles. The first kappa shape index (κ1) is 13.4.